The maximum Gasteiger partial charge on any atom is 0.265 e. The predicted octanol–water partition coefficient (Wildman–Crippen LogP) is 3.30. The van der Waals surface area contributed by atoms with Crippen LogP contribution in [0.1, 0.15) is 0 Å². The van der Waals surface area contributed by atoms with Crippen LogP contribution in [-0.4, -0.2) is 15.5 Å². The summed E-state index contributed by atoms with van der Waals surface area (Å²) in [6.07, 6.45) is 0. The van der Waals surface area contributed by atoms with Crippen molar-refractivity contribution in [3.8, 4) is 0 Å². The Morgan fingerprint density at radius 1 is 1.05 bits per heavy atom. The first-order valence-electron chi connectivity index (χ1n) is 5.42. The molecule has 0 saturated carbocycles. The smallest absolute Gasteiger partial charge is 0.265 e. The van der Waals surface area contributed by atoms with Crippen LogP contribution in [0.5, 0.6) is 0 Å². The molecule has 0 fully saturated rings. The molecule has 100 valence electrons. The van der Waals surface area contributed by atoms with Crippen molar-refractivity contribution < 1.29 is 12.8 Å². The lowest BCUT2D eigenvalue weighted by atomic mass is 10.3. The summed E-state index contributed by atoms with van der Waals surface area (Å²) < 4.78 is 38.7. The van der Waals surface area contributed by atoms with Crippen LogP contribution < -0.4 is 4.31 Å². The molecular formula is C13H11ClFNO2S. The van der Waals surface area contributed by atoms with E-state index in [1.165, 1.54) is 43.4 Å². The van der Waals surface area contributed by atoms with Crippen LogP contribution in [0.2, 0.25) is 5.02 Å². The SMILES string of the molecule is CN(c1ccc(F)cc1)S(=O)(=O)c1ccccc1Cl. The summed E-state index contributed by atoms with van der Waals surface area (Å²) in [7, 11) is -2.36. The third-order valence-electron chi connectivity index (χ3n) is 2.67. The normalized spacial score (nSPS) is 11.3. The fourth-order valence-electron chi connectivity index (χ4n) is 1.59. The molecule has 0 radical (unpaired) electrons. The van der Waals surface area contributed by atoms with Gasteiger partial charge in [0.05, 0.1) is 10.7 Å². The highest BCUT2D eigenvalue weighted by atomic mass is 35.5. The number of halogens is 2. The Hall–Kier alpha value is -1.59. The molecule has 0 aliphatic heterocycles. The third kappa shape index (κ3) is 2.72. The molecule has 2 aromatic rings. The first-order valence-corrected chi connectivity index (χ1v) is 7.24. The number of sulfonamides is 1. The monoisotopic (exact) mass is 299 g/mol. The molecule has 0 amide bonds. The van der Waals surface area contributed by atoms with Crippen LogP contribution in [0.3, 0.4) is 0 Å². The van der Waals surface area contributed by atoms with E-state index < -0.39 is 15.8 Å². The minimum absolute atomic E-state index is 0.0171. The molecule has 0 spiro atoms. The van der Waals surface area contributed by atoms with Gasteiger partial charge in [0.2, 0.25) is 0 Å². The Kier molecular flexibility index (Phi) is 3.78. The fourth-order valence-corrected chi connectivity index (χ4v) is 3.28. The van der Waals surface area contributed by atoms with Crippen molar-refractivity contribution in [1.29, 1.82) is 0 Å². The summed E-state index contributed by atoms with van der Waals surface area (Å²) in [6.45, 7) is 0. The lowest BCUT2D eigenvalue weighted by molar-refractivity contribution is 0.594. The quantitative estimate of drug-likeness (QED) is 0.872. The molecule has 0 atom stereocenters. The molecule has 6 heteroatoms. The summed E-state index contributed by atoms with van der Waals surface area (Å²) in [5.74, 6) is -0.424. The summed E-state index contributed by atoms with van der Waals surface area (Å²) in [4.78, 5) is 0.0171. The number of nitrogens with zero attached hydrogens (tertiary/aromatic N) is 1. The van der Waals surface area contributed by atoms with E-state index in [1.807, 2.05) is 0 Å². The van der Waals surface area contributed by atoms with E-state index in [9.17, 15) is 12.8 Å². The molecule has 0 unspecified atom stereocenters. The molecule has 0 aromatic heterocycles. The van der Waals surface area contributed by atoms with E-state index in [4.69, 9.17) is 11.6 Å². The molecule has 19 heavy (non-hydrogen) atoms. The van der Waals surface area contributed by atoms with E-state index in [-0.39, 0.29) is 9.92 Å². The summed E-state index contributed by atoms with van der Waals surface area (Å²) in [6, 6.07) is 11.4. The molecule has 0 heterocycles. The van der Waals surface area contributed by atoms with Crippen molar-refractivity contribution in [1.82, 2.24) is 0 Å². The standard InChI is InChI=1S/C13H11ClFNO2S/c1-16(11-8-6-10(15)7-9-11)19(17,18)13-5-3-2-4-12(13)14/h2-9H,1H3. The van der Waals surface area contributed by atoms with Crippen LogP contribution in [0.25, 0.3) is 0 Å². The zero-order valence-electron chi connectivity index (χ0n) is 10.0. The predicted molar refractivity (Wildman–Crippen MR) is 73.4 cm³/mol. The topological polar surface area (TPSA) is 37.4 Å². The van der Waals surface area contributed by atoms with Gasteiger partial charge in [0.1, 0.15) is 10.7 Å². The van der Waals surface area contributed by atoms with Crippen molar-refractivity contribution in [3.05, 3.63) is 59.4 Å². The lowest BCUT2D eigenvalue weighted by Gasteiger charge is -2.20. The van der Waals surface area contributed by atoms with E-state index in [1.54, 1.807) is 12.1 Å². The summed E-state index contributed by atoms with van der Waals surface area (Å²) in [5.41, 5.74) is 0.362. The Balaban J connectivity index is 2.45. The van der Waals surface area contributed by atoms with Gasteiger partial charge in [0, 0.05) is 7.05 Å². The third-order valence-corrected chi connectivity index (χ3v) is 4.95. The van der Waals surface area contributed by atoms with Gasteiger partial charge in [0.15, 0.2) is 0 Å². The van der Waals surface area contributed by atoms with E-state index in [0.717, 1.165) is 4.31 Å². The largest absolute Gasteiger partial charge is 0.269 e. The number of rotatable bonds is 3. The minimum atomic E-state index is -3.76. The van der Waals surface area contributed by atoms with E-state index >= 15 is 0 Å². The van der Waals surface area contributed by atoms with Gasteiger partial charge in [-0.25, -0.2) is 12.8 Å². The second-order valence-electron chi connectivity index (χ2n) is 3.88. The van der Waals surface area contributed by atoms with Gasteiger partial charge in [0.25, 0.3) is 10.0 Å². The van der Waals surface area contributed by atoms with E-state index in [2.05, 4.69) is 0 Å². The highest BCUT2D eigenvalue weighted by Gasteiger charge is 2.23. The van der Waals surface area contributed by atoms with Gasteiger partial charge in [-0.1, -0.05) is 23.7 Å². The number of benzene rings is 2. The van der Waals surface area contributed by atoms with Crippen molar-refractivity contribution in [2.45, 2.75) is 4.90 Å². The number of hydrogen-bond acceptors (Lipinski definition) is 2. The maximum absolute atomic E-state index is 12.8. The highest BCUT2D eigenvalue weighted by molar-refractivity contribution is 7.93. The van der Waals surface area contributed by atoms with Gasteiger partial charge in [-0.15, -0.1) is 0 Å². The number of hydrogen-bond donors (Lipinski definition) is 0. The molecular weight excluding hydrogens is 289 g/mol. The maximum atomic E-state index is 12.8. The second-order valence-corrected chi connectivity index (χ2v) is 6.22. The summed E-state index contributed by atoms with van der Waals surface area (Å²) >= 11 is 5.90. The summed E-state index contributed by atoms with van der Waals surface area (Å²) in [5, 5.41) is 0.150. The van der Waals surface area contributed by atoms with Gasteiger partial charge in [-0.3, -0.25) is 4.31 Å². The molecule has 3 nitrogen and oxygen atoms in total. The van der Waals surface area contributed by atoms with Crippen molar-refractivity contribution in [2.24, 2.45) is 0 Å². The molecule has 0 N–H and O–H groups in total. The highest BCUT2D eigenvalue weighted by Crippen LogP contribution is 2.27. The zero-order chi connectivity index (χ0) is 14.0. The second kappa shape index (κ2) is 5.19. The average molecular weight is 300 g/mol. The van der Waals surface area contributed by atoms with Crippen molar-refractivity contribution in [2.75, 3.05) is 11.4 Å². The van der Waals surface area contributed by atoms with E-state index in [0.29, 0.717) is 5.69 Å². The van der Waals surface area contributed by atoms with Crippen molar-refractivity contribution in [3.63, 3.8) is 0 Å². The zero-order valence-corrected chi connectivity index (χ0v) is 11.6. The molecule has 2 rings (SSSR count). The average Bonchev–Trinajstić information content (AvgIpc) is 2.39. The first-order chi connectivity index (χ1) is 8.93. The molecule has 0 aliphatic carbocycles. The van der Waals surface area contributed by atoms with Crippen LogP contribution in [-0.2, 0) is 10.0 Å². The van der Waals surface area contributed by atoms with Gasteiger partial charge in [-0.05, 0) is 36.4 Å². The molecule has 2 aromatic carbocycles. The van der Waals surface area contributed by atoms with Crippen LogP contribution in [0.15, 0.2) is 53.4 Å². The molecule has 0 bridgehead atoms. The van der Waals surface area contributed by atoms with Crippen LogP contribution in [0, 0.1) is 5.82 Å². The molecule has 0 saturated heterocycles. The Morgan fingerprint density at radius 3 is 2.21 bits per heavy atom. The number of anilines is 1. The Morgan fingerprint density at radius 2 is 1.63 bits per heavy atom. The van der Waals surface area contributed by atoms with Gasteiger partial charge < -0.3 is 0 Å². The van der Waals surface area contributed by atoms with Gasteiger partial charge in [-0.2, -0.15) is 0 Å². The Labute approximate surface area is 116 Å². The first kappa shape index (κ1) is 13.8. The minimum Gasteiger partial charge on any atom is -0.269 e. The lowest BCUT2D eigenvalue weighted by Crippen LogP contribution is -2.26. The van der Waals surface area contributed by atoms with Crippen LogP contribution in [0.4, 0.5) is 10.1 Å². The Bertz CT molecular complexity index is 686. The van der Waals surface area contributed by atoms with Gasteiger partial charge >= 0.3 is 0 Å². The van der Waals surface area contributed by atoms with Crippen molar-refractivity contribution >= 4 is 27.3 Å². The fraction of sp³-hybridized carbons (Fsp3) is 0.0769. The molecule has 0 aliphatic rings. The van der Waals surface area contributed by atoms with Crippen LogP contribution >= 0.6 is 11.6 Å².